The van der Waals surface area contributed by atoms with Gasteiger partial charge in [0.2, 0.25) is 0 Å². The first-order valence-electron chi connectivity index (χ1n) is 8.69. The summed E-state index contributed by atoms with van der Waals surface area (Å²) in [6, 6.07) is 11.6. The average Bonchev–Trinajstić information content (AvgIpc) is 2.62. The molecular formula is C20H18ClFN2O4. The van der Waals surface area contributed by atoms with Crippen LogP contribution in [0.5, 0.6) is 0 Å². The summed E-state index contributed by atoms with van der Waals surface area (Å²) in [6.07, 6.45) is 2.10. The second-order valence-electron chi connectivity index (χ2n) is 6.50. The van der Waals surface area contributed by atoms with Gasteiger partial charge in [0.05, 0.1) is 11.1 Å². The normalized spacial score (nSPS) is 14.5. The van der Waals surface area contributed by atoms with Gasteiger partial charge >= 0.3 is 12.0 Å². The lowest BCUT2D eigenvalue weighted by Crippen LogP contribution is -2.45. The molecule has 8 heteroatoms. The first kappa shape index (κ1) is 19.8. The van der Waals surface area contributed by atoms with Crippen molar-refractivity contribution in [2.24, 2.45) is 0 Å². The van der Waals surface area contributed by atoms with Gasteiger partial charge in [-0.05, 0) is 42.7 Å². The highest BCUT2D eigenvalue weighted by molar-refractivity contribution is 6.30. The van der Waals surface area contributed by atoms with Crippen LogP contribution in [0.3, 0.4) is 0 Å². The van der Waals surface area contributed by atoms with Crippen LogP contribution in [0.2, 0.25) is 5.02 Å². The molecule has 1 aliphatic rings. The van der Waals surface area contributed by atoms with Gasteiger partial charge in [-0.15, -0.1) is 0 Å². The van der Waals surface area contributed by atoms with Crippen molar-refractivity contribution in [3.63, 3.8) is 0 Å². The molecule has 3 amide bonds. The number of para-hydroxylation sites is 1. The van der Waals surface area contributed by atoms with Gasteiger partial charge in [0.15, 0.2) is 6.61 Å². The zero-order valence-electron chi connectivity index (χ0n) is 14.8. The molecule has 0 aromatic heterocycles. The van der Waals surface area contributed by atoms with Gasteiger partial charge in [0.25, 0.3) is 5.91 Å². The lowest BCUT2D eigenvalue weighted by atomic mass is 9.64. The second-order valence-corrected chi connectivity index (χ2v) is 6.94. The van der Waals surface area contributed by atoms with Crippen LogP contribution in [-0.4, -0.2) is 24.5 Å². The molecule has 0 saturated heterocycles. The smallest absolute Gasteiger partial charge is 0.326 e. The van der Waals surface area contributed by atoms with Gasteiger partial charge in [-0.2, -0.15) is 0 Å². The average molecular weight is 405 g/mol. The predicted molar refractivity (Wildman–Crippen MR) is 102 cm³/mol. The van der Waals surface area contributed by atoms with E-state index in [1.165, 1.54) is 24.3 Å². The fourth-order valence-electron chi connectivity index (χ4n) is 3.06. The van der Waals surface area contributed by atoms with Crippen LogP contribution < -0.4 is 10.6 Å². The minimum absolute atomic E-state index is 0.0686. The number of anilines is 1. The monoisotopic (exact) mass is 404 g/mol. The Bertz CT molecular complexity index is 897. The van der Waals surface area contributed by atoms with Gasteiger partial charge in [0.1, 0.15) is 5.82 Å². The minimum Gasteiger partial charge on any atom is -0.455 e. The van der Waals surface area contributed by atoms with Crippen molar-refractivity contribution in [1.29, 1.82) is 0 Å². The molecule has 0 unspecified atom stereocenters. The summed E-state index contributed by atoms with van der Waals surface area (Å²) >= 11 is 5.89. The van der Waals surface area contributed by atoms with Crippen molar-refractivity contribution >= 4 is 35.2 Å². The number of halogens is 2. The maximum atomic E-state index is 13.5. The summed E-state index contributed by atoms with van der Waals surface area (Å²) in [5.74, 6) is -1.97. The van der Waals surface area contributed by atoms with Crippen molar-refractivity contribution in [2.45, 2.75) is 24.7 Å². The quantitative estimate of drug-likeness (QED) is 0.742. The number of esters is 1. The van der Waals surface area contributed by atoms with E-state index in [9.17, 15) is 18.8 Å². The SMILES string of the molecule is O=C(COC(=O)C1(c2ccc(Cl)cc2)CCC1)NC(=O)Nc1ccccc1F. The zero-order chi connectivity index (χ0) is 20.1. The topological polar surface area (TPSA) is 84.5 Å². The number of nitrogens with one attached hydrogen (secondary N) is 2. The largest absolute Gasteiger partial charge is 0.455 e. The van der Waals surface area contributed by atoms with Crippen LogP contribution in [-0.2, 0) is 19.7 Å². The summed E-state index contributed by atoms with van der Waals surface area (Å²) < 4.78 is 18.6. The number of hydrogen-bond donors (Lipinski definition) is 2. The van der Waals surface area contributed by atoms with E-state index in [-0.39, 0.29) is 5.69 Å². The zero-order valence-corrected chi connectivity index (χ0v) is 15.6. The van der Waals surface area contributed by atoms with Crippen LogP contribution in [0.4, 0.5) is 14.9 Å². The van der Waals surface area contributed by atoms with E-state index in [4.69, 9.17) is 16.3 Å². The number of urea groups is 1. The molecule has 2 aromatic rings. The molecule has 0 atom stereocenters. The summed E-state index contributed by atoms with van der Waals surface area (Å²) in [4.78, 5) is 36.2. The summed E-state index contributed by atoms with van der Waals surface area (Å²) in [5.41, 5.74) is -0.0767. The summed E-state index contributed by atoms with van der Waals surface area (Å²) in [6.45, 7) is -0.612. The third-order valence-electron chi connectivity index (χ3n) is 4.70. The summed E-state index contributed by atoms with van der Waals surface area (Å²) in [7, 11) is 0. The van der Waals surface area contributed by atoms with Gasteiger partial charge in [-0.3, -0.25) is 14.9 Å². The fraction of sp³-hybridized carbons (Fsp3) is 0.250. The van der Waals surface area contributed by atoms with E-state index in [1.54, 1.807) is 24.3 Å². The van der Waals surface area contributed by atoms with E-state index in [1.807, 2.05) is 5.32 Å². The molecule has 3 rings (SSSR count). The molecule has 1 aliphatic carbocycles. The molecule has 28 heavy (non-hydrogen) atoms. The van der Waals surface area contributed by atoms with E-state index < -0.39 is 35.7 Å². The maximum Gasteiger partial charge on any atom is 0.326 e. The van der Waals surface area contributed by atoms with Crippen molar-refractivity contribution in [1.82, 2.24) is 5.32 Å². The Morgan fingerprint density at radius 3 is 2.36 bits per heavy atom. The van der Waals surface area contributed by atoms with Crippen LogP contribution in [0.25, 0.3) is 0 Å². The van der Waals surface area contributed by atoms with Gasteiger partial charge < -0.3 is 10.1 Å². The standard InChI is InChI=1S/C20H18ClFN2O4/c21-14-8-6-13(7-9-14)20(10-3-11-20)18(26)28-12-17(25)24-19(27)23-16-5-2-1-4-15(16)22/h1-2,4-9H,3,10-12H2,(H2,23,24,25,27). The Kier molecular flexibility index (Phi) is 5.94. The molecular weight excluding hydrogens is 387 g/mol. The lowest BCUT2D eigenvalue weighted by molar-refractivity contribution is -0.157. The van der Waals surface area contributed by atoms with E-state index in [2.05, 4.69) is 5.32 Å². The van der Waals surface area contributed by atoms with Crippen LogP contribution >= 0.6 is 11.6 Å². The van der Waals surface area contributed by atoms with Gasteiger partial charge in [-0.1, -0.05) is 42.3 Å². The number of imide groups is 1. The number of amides is 3. The molecule has 2 aromatic carbocycles. The van der Waals surface area contributed by atoms with E-state index in [0.717, 1.165) is 12.0 Å². The number of hydrogen-bond acceptors (Lipinski definition) is 4. The van der Waals surface area contributed by atoms with Crippen molar-refractivity contribution < 1.29 is 23.5 Å². The van der Waals surface area contributed by atoms with E-state index in [0.29, 0.717) is 17.9 Å². The number of carbonyl (C=O) groups excluding carboxylic acids is 3. The molecule has 0 radical (unpaired) electrons. The highest BCUT2D eigenvalue weighted by Crippen LogP contribution is 2.45. The molecule has 1 saturated carbocycles. The van der Waals surface area contributed by atoms with Crippen molar-refractivity contribution in [3.05, 3.63) is 64.9 Å². The number of rotatable bonds is 5. The van der Waals surface area contributed by atoms with Gasteiger partial charge in [-0.25, -0.2) is 9.18 Å². The molecule has 0 spiro atoms. The fourth-order valence-corrected chi connectivity index (χ4v) is 3.18. The maximum absolute atomic E-state index is 13.5. The van der Waals surface area contributed by atoms with Crippen molar-refractivity contribution in [2.75, 3.05) is 11.9 Å². The molecule has 1 fully saturated rings. The Hall–Kier alpha value is -2.93. The highest BCUT2D eigenvalue weighted by atomic mass is 35.5. The number of carbonyl (C=O) groups is 3. The summed E-state index contributed by atoms with van der Waals surface area (Å²) in [5, 5.41) is 4.77. The van der Waals surface area contributed by atoms with Crippen LogP contribution in [0.1, 0.15) is 24.8 Å². The minimum atomic E-state index is -0.915. The molecule has 0 aliphatic heterocycles. The van der Waals surface area contributed by atoms with E-state index >= 15 is 0 Å². The number of benzene rings is 2. The second kappa shape index (κ2) is 8.39. The third kappa shape index (κ3) is 4.31. The predicted octanol–water partition coefficient (Wildman–Crippen LogP) is 3.79. The Morgan fingerprint density at radius 1 is 1.07 bits per heavy atom. The molecule has 146 valence electrons. The lowest BCUT2D eigenvalue weighted by Gasteiger charge is -2.39. The number of ether oxygens (including phenoxy) is 1. The molecule has 0 bridgehead atoms. The first-order valence-corrected chi connectivity index (χ1v) is 9.07. The molecule has 6 nitrogen and oxygen atoms in total. The highest BCUT2D eigenvalue weighted by Gasteiger charge is 2.47. The first-order chi connectivity index (χ1) is 13.4. The van der Waals surface area contributed by atoms with Crippen LogP contribution in [0, 0.1) is 5.82 Å². The van der Waals surface area contributed by atoms with Crippen molar-refractivity contribution in [3.8, 4) is 0 Å². The molecule has 2 N–H and O–H groups in total. The van der Waals surface area contributed by atoms with Gasteiger partial charge in [0, 0.05) is 5.02 Å². The third-order valence-corrected chi connectivity index (χ3v) is 4.96. The Labute approximate surface area is 166 Å². The molecule has 0 heterocycles. The Balaban J connectivity index is 1.53. The van der Waals surface area contributed by atoms with Crippen LogP contribution in [0.15, 0.2) is 48.5 Å². The Morgan fingerprint density at radius 2 is 1.75 bits per heavy atom.